The number of hydrogen-bond donors (Lipinski definition) is 3. The Kier molecular flexibility index (Phi) is 8.12. The fourth-order valence-electron chi connectivity index (χ4n) is 6.60. The van der Waals surface area contributed by atoms with Crippen molar-refractivity contribution in [1.29, 1.82) is 0 Å². The van der Waals surface area contributed by atoms with E-state index < -0.39 is 16.8 Å². The van der Waals surface area contributed by atoms with Crippen LogP contribution in [0.1, 0.15) is 67.3 Å². The number of rotatable bonds is 10. The average molecular weight is 491 g/mol. The molecule has 32 heavy (non-hydrogen) atoms. The number of carbonyl (C=O) groups is 1. The number of carbonyl (C=O) groups excluding carboxylic acids is 1. The van der Waals surface area contributed by atoms with Crippen molar-refractivity contribution >= 4 is 29.9 Å². The zero-order valence-electron chi connectivity index (χ0n) is 18.4. The SMILES string of the molecule is Cl.O=C(NCC12CC3C[C@@](F)(C1)C[C@](F)(C3)C2)c1cc(CCCNCCCO)ccc1Cl. The summed E-state index contributed by atoms with van der Waals surface area (Å²) >= 11 is 6.29. The maximum absolute atomic E-state index is 15.2. The van der Waals surface area contributed by atoms with E-state index in [0.29, 0.717) is 42.8 Å². The minimum atomic E-state index is -1.42. The lowest BCUT2D eigenvalue weighted by molar-refractivity contribution is -0.172. The first-order valence-electron chi connectivity index (χ1n) is 11.5. The highest BCUT2D eigenvalue weighted by atomic mass is 35.5. The molecule has 0 spiro atoms. The highest BCUT2D eigenvalue weighted by molar-refractivity contribution is 6.33. The molecule has 0 aliphatic heterocycles. The minimum absolute atomic E-state index is 0. The van der Waals surface area contributed by atoms with E-state index in [1.54, 1.807) is 6.07 Å². The van der Waals surface area contributed by atoms with Gasteiger partial charge in [-0.1, -0.05) is 17.7 Å². The van der Waals surface area contributed by atoms with Crippen molar-refractivity contribution in [3.05, 3.63) is 34.3 Å². The maximum Gasteiger partial charge on any atom is 0.252 e. The Hall–Kier alpha value is -0.950. The van der Waals surface area contributed by atoms with Gasteiger partial charge in [-0.25, -0.2) is 8.78 Å². The lowest BCUT2D eigenvalue weighted by Gasteiger charge is -2.61. The van der Waals surface area contributed by atoms with Crippen molar-refractivity contribution in [2.75, 3.05) is 26.2 Å². The molecule has 5 rings (SSSR count). The Morgan fingerprint density at radius 2 is 1.78 bits per heavy atom. The topological polar surface area (TPSA) is 61.4 Å². The van der Waals surface area contributed by atoms with Crippen LogP contribution in [0.4, 0.5) is 8.78 Å². The van der Waals surface area contributed by atoms with Gasteiger partial charge in [0.1, 0.15) is 11.3 Å². The number of alkyl halides is 2. The smallest absolute Gasteiger partial charge is 0.252 e. The van der Waals surface area contributed by atoms with Gasteiger partial charge < -0.3 is 15.7 Å². The number of benzene rings is 1. The van der Waals surface area contributed by atoms with Crippen molar-refractivity contribution < 1.29 is 18.7 Å². The molecule has 1 aromatic rings. The van der Waals surface area contributed by atoms with Crippen LogP contribution in [0.15, 0.2) is 18.2 Å². The molecule has 1 amide bonds. The van der Waals surface area contributed by atoms with Crippen LogP contribution in [0.5, 0.6) is 0 Å². The van der Waals surface area contributed by atoms with Gasteiger partial charge in [-0.15, -0.1) is 12.4 Å². The summed E-state index contributed by atoms with van der Waals surface area (Å²) in [5.41, 5.74) is -1.87. The molecular weight excluding hydrogens is 457 g/mol. The average Bonchev–Trinajstić information content (AvgIpc) is 2.67. The second kappa shape index (κ2) is 10.1. The Bertz CT molecular complexity index is 807. The molecule has 8 heteroatoms. The summed E-state index contributed by atoms with van der Waals surface area (Å²) in [5.74, 6) is -0.189. The van der Waals surface area contributed by atoms with Gasteiger partial charge in [-0.05, 0) is 93.5 Å². The van der Waals surface area contributed by atoms with Crippen LogP contribution in [0.25, 0.3) is 0 Å². The lowest BCUT2D eigenvalue weighted by atomic mass is 9.47. The summed E-state index contributed by atoms with van der Waals surface area (Å²) in [6, 6.07) is 5.48. The Labute approximate surface area is 200 Å². The normalized spacial score (nSPS) is 32.6. The fraction of sp³-hybridized carbons (Fsp3) is 0.708. The van der Waals surface area contributed by atoms with Gasteiger partial charge in [-0.3, -0.25) is 4.79 Å². The van der Waals surface area contributed by atoms with Gasteiger partial charge in [0.25, 0.3) is 5.91 Å². The van der Waals surface area contributed by atoms with E-state index in [2.05, 4.69) is 10.6 Å². The van der Waals surface area contributed by atoms with Gasteiger partial charge in [0.05, 0.1) is 10.6 Å². The van der Waals surface area contributed by atoms with Crippen molar-refractivity contribution in [3.8, 4) is 0 Å². The van der Waals surface area contributed by atoms with Crippen molar-refractivity contribution in [1.82, 2.24) is 10.6 Å². The quantitative estimate of drug-likeness (QED) is 0.413. The molecule has 4 fully saturated rings. The Morgan fingerprint density at radius 1 is 1.09 bits per heavy atom. The van der Waals surface area contributed by atoms with Crippen molar-refractivity contribution in [2.45, 2.75) is 69.1 Å². The number of aryl methyl sites for hydroxylation is 1. The predicted molar refractivity (Wildman–Crippen MR) is 125 cm³/mol. The lowest BCUT2D eigenvalue weighted by Crippen LogP contribution is -2.62. The first-order valence-corrected chi connectivity index (χ1v) is 11.9. The minimum Gasteiger partial charge on any atom is -0.396 e. The second-order valence-electron chi connectivity index (χ2n) is 10.2. The molecule has 4 bridgehead atoms. The Balaban J connectivity index is 0.00000289. The van der Waals surface area contributed by atoms with Crippen LogP contribution in [0.3, 0.4) is 0 Å². The van der Waals surface area contributed by atoms with E-state index in [1.165, 1.54) is 0 Å². The first-order chi connectivity index (χ1) is 14.7. The zero-order valence-corrected chi connectivity index (χ0v) is 20.0. The highest BCUT2D eigenvalue weighted by Gasteiger charge is 2.64. The molecule has 180 valence electrons. The molecule has 4 aliphatic carbocycles. The number of amides is 1. The van der Waals surface area contributed by atoms with E-state index in [9.17, 15) is 4.79 Å². The first kappa shape index (κ1) is 25.7. The molecule has 3 N–H and O–H groups in total. The molecule has 0 saturated heterocycles. The van der Waals surface area contributed by atoms with Crippen LogP contribution >= 0.6 is 24.0 Å². The van der Waals surface area contributed by atoms with Crippen LogP contribution < -0.4 is 10.6 Å². The van der Waals surface area contributed by atoms with Crippen LogP contribution in [-0.4, -0.2) is 48.6 Å². The van der Waals surface area contributed by atoms with Crippen LogP contribution in [0, 0.1) is 11.3 Å². The monoisotopic (exact) mass is 490 g/mol. The Morgan fingerprint density at radius 3 is 2.44 bits per heavy atom. The van der Waals surface area contributed by atoms with E-state index in [-0.39, 0.29) is 37.3 Å². The zero-order chi connectivity index (χ0) is 22.1. The molecule has 0 radical (unpaired) electrons. The molecule has 4 atom stereocenters. The summed E-state index contributed by atoms with van der Waals surface area (Å²) in [6.07, 6.45) is 4.91. The number of halogens is 4. The van der Waals surface area contributed by atoms with Crippen LogP contribution in [-0.2, 0) is 6.42 Å². The second-order valence-corrected chi connectivity index (χ2v) is 10.6. The summed E-state index contributed by atoms with van der Waals surface area (Å²) in [6.45, 7) is 2.11. The molecule has 4 aliphatic rings. The third-order valence-corrected chi connectivity index (χ3v) is 7.61. The number of aliphatic hydroxyl groups is 1. The van der Waals surface area contributed by atoms with E-state index in [1.807, 2.05) is 12.1 Å². The van der Waals surface area contributed by atoms with Gasteiger partial charge >= 0.3 is 0 Å². The fourth-order valence-corrected chi connectivity index (χ4v) is 6.81. The van der Waals surface area contributed by atoms with Crippen LogP contribution in [0.2, 0.25) is 5.02 Å². The summed E-state index contributed by atoms with van der Waals surface area (Å²) in [5, 5.41) is 15.4. The van der Waals surface area contributed by atoms with Gasteiger partial charge in [-0.2, -0.15) is 0 Å². The van der Waals surface area contributed by atoms with Gasteiger partial charge in [0.15, 0.2) is 0 Å². The molecule has 2 unspecified atom stereocenters. The summed E-state index contributed by atoms with van der Waals surface area (Å²) in [7, 11) is 0. The molecule has 4 nitrogen and oxygen atoms in total. The molecule has 1 aromatic carbocycles. The summed E-state index contributed by atoms with van der Waals surface area (Å²) in [4.78, 5) is 12.9. The highest BCUT2D eigenvalue weighted by Crippen LogP contribution is 2.65. The van der Waals surface area contributed by atoms with Crippen molar-refractivity contribution in [2.24, 2.45) is 11.3 Å². The molecule has 0 aromatic heterocycles. The van der Waals surface area contributed by atoms with E-state index in [4.69, 9.17) is 16.7 Å². The number of aliphatic hydroxyl groups excluding tert-OH is 1. The largest absolute Gasteiger partial charge is 0.396 e. The van der Waals surface area contributed by atoms with E-state index >= 15 is 8.78 Å². The molecule has 0 heterocycles. The molecular formula is C24H34Cl2F2N2O2. The summed E-state index contributed by atoms with van der Waals surface area (Å²) < 4.78 is 30.3. The maximum atomic E-state index is 15.2. The molecule has 4 saturated carbocycles. The van der Waals surface area contributed by atoms with Gasteiger partial charge in [0, 0.05) is 19.6 Å². The predicted octanol–water partition coefficient (Wildman–Crippen LogP) is 4.80. The van der Waals surface area contributed by atoms with Crippen molar-refractivity contribution in [3.63, 3.8) is 0 Å². The number of nitrogens with one attached hydrogen (secondary N) is 2. The standard InChI is InChI=1S/C24H33ClF2N2O2.ClH/c25-20-5-4-17(3-1-6-28-7-2-8-30)9-19(20)21(31)29-16-22-10-18-11-23(26,13-22)15-24(27,12-18)14-22;/h4-5,9,18,28,30H,1-3,6-8,10-16H2,(H,29,31);1H/t18?,22?,23-,24+;. The number of hydrogen-bond acceptors (Lipinski definition) is 3. The third kappa shape index (κ3) is 5.75. The van der Waals surface area contributed by atoms with Gasteiger partial charge in [0.2, 0.25) is 0 Å². The third-order valence-electron chi connectivity index (χ3n) is 7.28. The van der Waals surface area contributed by atoms with E-state index in [0.717, 1.165) is 44.3 Å².